The first-order valence-electron chi connectivity index (χ1n) is 6.12. The number of esters is 1. The minimum atomic E-state index is -0.359. The number of aldehydes is 1. The summed E-state index contributed by atoms with van der Waals surface area (Å²) < 4.78 is 5.48. The van der Waals surface area contributed by atoms with E-state index in [1.165, 1.54) is 6.92 Å². The fraction of sp³-hybridized carbons (Fsp3) is 0.846. The number of carbonyl (C=O) groups is 2. The lowest BCUT2D eigenvalue weighted by Crippen LogP contribution is -2.32. The van der Waals surface area contributed by atoms with E-state index in [-0.39, 0.29) is 11.6 Å². The van der Waals surface area contributed by atoms with Crippen LogP contribution < -0.4 is 0 Å². The van der Waals surface area contributed by atoms with Gasteiger partial charge in [0, 0.05) is 13.3 Å². The molecule has 0 spiro atoms. The van der Waals surface area contributed by atoms with Gasteiger partial charge in [-0.3, -0.25) is 4.79 Å². The molecule has 0 unspecified atom stereocenters. The smallest absolute Gasteiger partial charge is 0.303 e. The molecular weight excluding hydrogens is 204 g/mol. The Morgan fingerprint density at radius 1 is 1.56 bits per heavy atom. The molecule has 0 heterocycles. The van der Waals surface area contributed by atoms with Crippen LogP contribution in [0.1, 0.15) is 52.9 Å². The summed E-state index contributed by atoms with van der Waals surface area (Å²) in [5.74, 6) is 1.01. The van der Waals surface area contributed by atoms with Crippen molar-refractivity contribution in [3.8, 4) is 0 Å². The molecule has 3 nitrogen and oxygen atoms in total. The lowest BCUT2D eigenvalue weighted by atomic mass is 9.90. The molecule has 16 heavy (non-hydrogen) atoms. The van der Waals surface area contributed by atoms with Crippen LogP contribution in [0.25, 0.3) is 0 Å². The summed E-state index contributed by atoms with van der Waals surface area (Å²) >= 11 is 0. The van der Waals surface area contributed by atoms with Crippen molar-refractivity contribution in [2.24, 2.45) is 11.8 Å². The highest BCUT2D eigenvalue weighted by atomic mass is 16.6. The molecule has 1 rings (SSSR count). The zero-order chi connectivity index (χ0) is 12.2. The highest BCUT2D eigenvalue weighted by Gasteiger charge is 2.42. The summed E-state index contributed by atoms with van der Waals surface area (Å²) in [5.41, 5.74) is -0.359. The van der Waals surface area contributed by atoms with Gasteiger partial charge in [0.2, 0.25) is 0 Å². The molecule has 1 aliphatic rings. The van der Waals surface area contributed by atoms with Crippen LogP contribution in [0.2, 0.25) is 0 Å². The van der Waals surface area contributed by atoms with E-state index in [1.54, 1.807) is 0 Å². The molecule has 0 aliphatic heterocycles. The van der Waals surface area contributed by atoms with Crippen molar-refractivity contribution in [2.45, 2.75) is 58.5 Å². The van der Waals surface area contributed by atoms with Crippen molar-refractivity contribution < 1.29 is 14.3 Å². The van der Waals surface area contributed by atoms with E-state index in [4.69, 9.17) is 4.74 Å². The highest BCUT2D eigenvalue weighted by molar-refractivity contribution is 5.66. The standard InChI is InChI=1S/C13H22O3/c1-10(2)12-5-7-13(9-12,6-4-8-14)16-11(3)15/h8,10,12H,4-7,9H2,1-3H3/t12-,13+/m0/s1. The number of carbonyl (C=O) groups excluding carboxylic acids is 2. The average Bonchev–Trinajstić information content (AvgIpc) is 2.59. The molecule has 0 saturated heterocycles. The van der Waals surface area contributed by atoms with Gasteiger partial charge in [0.25, 0.3) is 0 Å². The molecule has 0 aromatic carbocycles. The fourth-order valence-corrected chi connectivity index (χ4v) is 2.70. The van der Waals surface area contributed by atoms with Gasteiger partial charge < -0.3 is 9.53 Å². The topological polar surface area (TPSA) is 43.4 Å². The Morgan fingerprint density at radius 2 is 2.25 bits per heavy atom. The van der Waals surface area contributed by atoms with Crippen LogP contribution in [0.15, 0.2) is 0 Å². The van der Waals surface area contributed by atoms with Crippen LogP contribution >= 0.6 is 0 Å². The lowest BCUT2D eigenvalue weighted by molar-refractivity contribution is -0.158. The Balaban J connectivity index is 2.65. The molecule has 2 atom stereocenters. The SMILES string of the molecule is CC(=O)O[C@]1(CCC=O)CC[C@H](C(C)C)C1. The third-order valence-corrected chi connectivity index (χ3v) is 3.63. The van der Waals surface area contributed by atoms with Crippen LogP contribution in [0.3, 0.4) is 0 Å². The van der Waals surface area contributed by atoms with E-state index in [9.17, 15) is 9.59 Å². The summed E-state index contributed by atoms with van der Waals surface area (Å²) in [4.78, 5) is 21.6. The lowest BCUT2D eigenvalue weighted by Gasteiger charge is -2.29. The van der Waals surface area contributed by atoms with Gasteiger partial charge in [-0.15, -0.1) is 0 Å². The maximum Gasteiger partial charge on any atom is 0.303 e. The molecule has 0 aromatic rings. The van der Waals surface area contributed by atoms with Crippen molar-refractivity contribution in [3.05, 3.63) is 0 Å². The normalized spacial score (nSPS) is 29.4. The summed E-state index contributed by atoms with van der Waals surface area (Å²) in [6.45, 7) is 5.85. The number of ether oxygens (including phenoxy) is 1. The average molecular weight is 226 g/mol. The van der Waals surface area contributed by atoms with Crippen molar-refractivity contribution in [1.82, 2.24) is 0 Å². The summed E-state index contributed by atoms with van der Waals surface area (Å²) in [5, 5.41) is 0. The number of hydrogen-bond acceptors (Lipinski definition) is 3. The highest BCUT2D eigenvalue weighted by Crippen LogP contribution is 2.43. The number of hydrogen-bond donors (Lipinski definition) is 0. The molecule has 0 radical (unpaired) electrons. The molecule has 3 heteroatoms. The quantitative estimate of drug-likeness (QED) is 0.534. The molecule has 0 aromatic heterocycles. The molecular formula is C13H22O3. The van der Waals surface area contributed by atoms with Crippen molar-refractivity contribution >= 4 is 12.3 Å². The van der Waals surface area contributed by atoms with E-state index in [2.05, 4.69) is 13.8 Å². The third-order valence-electron chi connectivity index (χ3n) is 3.63. The van der Waals surface area contributed by atoms with E-state index in [0.29, 0.717) is 24.7 Å². The first kappa shape index (κ1) is 13.2. The largest absolute Gasteiger partial charge is 0.459 e. The summed E-state index contributed by atoms with van der Waals surface area (Å²) in [6, 6.07) is 0. The van der Waals surface area contributed by atoms with Gasteiger partial charge in [-0.05, 0) is 37.5 Å². The second kappa shape index (κ2) is 5.46. The fourth-order valence-electron chi connectivity index (χ4n) is 2.70. The molecule has 1 saturated carbocycles. The Labute approximate surface area is 97.5 Å². The van der Waals surface area contributed by atoms with Gasteiger partial charge in [-0.1, -0.05) is 13.8 Å². The molecule has 0 N–H and O–H groups in total. The zero-order valence-corrected chi connectivity index (χ0v) is 10.5. The van der Waals surface area contributed by atoms with Crippen LogP contribution in [-0.2, 0) is 14.3 Å². The van der Waals surface area contributed by atoms with Crippen molar-refractivity contribution in [1.29, 1.82) is 0 Å². The number of rotatable bonds is 5. The van der Waals surface area contributed by atoms with Gasteiger partial charge in [-0.25, -0.2) is 0 Å². The second-order valence-electron chi connectivity index (χ2n) is 5.23. The van der Waals surface area contributed by atoms with E-state index >= 15 is 0 Å². The van der Waals surface area contributed by atoms with Crippen molar-refractivity contribution in [3.63, 3.8) is 0 Å². The van der Waals surface area contributed by atoms with E-state index < -0.39 is 0 Å². The monoisotopic (exact) mass is 226 g/mol. The zero-order valence-electron chi connectivity index (χ0n) is 10.5. The first-order valence-corrected chi connectivity index (χ1v) is 6.12. The molecule has 1 fully saturated rings. The van der Waals surface area contributed by atoms with E-state index in [0.717, 1.165) is 25.5 Å². The van der Waals surface area contributed by atoms with Gasteiger partial charge in [0.05, 0.1) is 0 Å². The minimum absolute atomic E-state index is 0.227. The van der Waals surface area contributed by atoms with Gasteiger partial charge >= 0.3 is 5.97 Å². The molecule has 0 bridgehead atoms. The Bertz CT molecular complexity index is 260. The summed E-state index contributed by atoms with van der Waals surface area (Å²) in [7, 11) is 0. The van der Waals surface area contributed by atoms with Crippen LogP contribution in [0.5, 0.6) is 0 Å². The maximum atomic E-state index is 11.1. The maximum absolute atomic E-state index is 11.1. The Hall–Kier alpha value is -0.860. The second-order valence-corrected chi connectivity index (χ2v) is 5.23. The molecule has 0 amide bonds. The van der Waals surface area contributed by atoms with Gasteiger partial charge in [0.15, 0.2) is 0 Å². The van der Waals surface area contributed by atoms with Gasteiger partial charge in [-0.2, -0.15) is 0 Å². The van der Waals surface area contributed by atoms with Crippen LogP contribution in [0.4, 0.5) is 0 Å². The summed E-state index contributed by atoms with van der Waals surface area (Å²) in [6.07, 6.45) is 5.00. The predicted octanol–water partition coefficient (Wildman–Crippen LogP) is 2.72. The minimum Gasteiger partial charge on any atom is -0.459 e. The first-order chi connectivity index (χ1) is 7.49. The van der Waals surface area contributed by atoms with Crippen LogP contribution in [0, 0.1) is 11.8 Å². The Kier molecular flexibility index (Phi) is 4.51. The van der Waals surface area contributed by atoms with Crippen LogP contribution in [-0.4, -0.2) is 17.9 Å². The predicted molar refractivity (Wildman–Crippen MR) is 62.0 cm³/mol. The van der Waals surface area contributed by atoms with Gasteiger partial charge in [0.1, 0.15) is 11.9 Å². The third kappa shape index (κ3) is 3.32. The van der Waals surface area contributed by atoms with E-state index in [1.807, 2.05) is 0 Å². The molecule has 1 aliphatic carbocycles. The molecule has 92 valence electrons. The Morgan fingerprint density at radius 3 is 2.69 bits per heavy atom. The van der Waals surface area contributed by atoms with Crippen molar-refractivity contribution in [2.75, 3.05) is 0 Å².